The van der Waals surface area contributed by atoms with Crippen molar-refractivity contribution < 1.29 is 19.9 Å². The molecule has 0 amide bonds. The zero-order valence-corrected chi connectivity index (χ0v) is 21.2. The lowest BCUT2D eigenvalue weighted by molar-refractivity contribution is -0.949. The summed E-state index contributed by atoms with van der Waals surface area (Å²) in [6, 6.07) is 10.4. The Morgan fingerprint density at radius 1 is 1.31 bits per heavy atom. The molecule has 5 heteroatoms. The van der Waals surface area contributed by atoms with Gasteiger partial charge in [-0.1, -0.05) is 50.5 Å². The van der Waals surface area contributed by atoms with Crippen LogP contribution >= 0.6 is 0 Å². The second-order valence-electron chi connectivity index (χ2n) is 9.88. The van der Waals surface area contributed by atoms with Gasteiger partial charge in [0.05, 0.1) is 24.6 Å². The number of pyridine rings is 1. The summed E-state index contributed by atoms with van der Waals surface area (Å²) in [7, 11) is 0. The molecule has 1 unspecified atom stereocenters. The van der Waals surface area contributed by atoms with Crippen LogP contribution in [0.5, 0.6) is 0 Å². The minimum absolute atomic E-state index is 0.176. The minimum atomic E-state index is -1.13. The summed E-state index contributed by atoms with van der Waals surface area (Å²) in [6.45, 7) is 9.95. The first-order chi connectivity index (χ1) is 17.0. The molecule has 4 heterocycles. The monoisotopic (exact) mass is 476 g/mol. The Kier molecular flexibility index (Phi) is 10.3. The van der Waals surface area contributed by atoms with E-state index in [1.807, 2.05) is 30.5 Å². The third-order valence-corrected chi connectivity index (χ3v) is 7.53. The van der Waals surface area contributed by atoms with Gasteiger partial charge in [0.25, 0.3) is 0 Å². The Hall–Kier alpha value is -2.72. The molecule has 5 atom stereocenters. The van der Waals surface area contributed by atoms with Gasteiger partial charge in [0.15, 0.2) is 0 Å². The fraction of sp³-hybridized carbons (Fsp3) is 0.500. The number of fused-ring (bicyclic) bond motifs is 4. The van der Waals surface area contributed by atoms with Crippen molar-refractivity contribution in [3.05, 3.63) is 72.1 Å². The summed E-state index contributed by atoms with van der Waals surface area (Å²) in [4.78, 5) is 16.2. The van der Waals surface area contributed by atoms with E-state index in [1.165, 1.54) is 39.2 Å². The number of aliphatic hydroxyl groups is 1. The van der Waals surface area contributed by atoms with Crippen molar-refractivity contribution in [3.63, 3.8) is 0 Å². The van der Waals surface area contributed by atoms with Crippen LogP contribution in [-0.4, -0.2) is 35.2 Å². The number of piperidine rings is 3. The zero-order chi connectivity index (χ0) is 25.2. The van der Waals surface area contributed by atoms with Gasteiger partial charge in [-0.15, -0.1) is 12.3 Å². The Morgan fingerprint density at radius 2 is 2.11 bits per heavy atom. The van der Waals surface area contributed by atoms with Crippen molar-refractivity contribution in [2.75, 3.05) is 13.1 Å². The van der Waals surface area contributed by atoms with Crippen LogP contribution in [0.1, 0.15) is 70.5 Å². The molecule has 188 valence electrons. The van der Waals surface area contributed by atoms with Crippen molar-refractivity contribution in [2.24, 2.45) is 11.8 Å². The molecular formula is C30H40N2O3. The predicted molar refractivity (Wildman–Crippen MR) is 139 cm³/mol. The summed E-state index contributed by atoms with van der Waals surface area (Å²) < 4.78 is 0. The first-order valence-corrected chi connectivity index (χ1v) is 13.1. The van der Waals surface area contributed by atoms with Gasteiger partial charge in [-0.2, -0.15) is 0 Å². The van der Waals surface area contributed by atoms with Crippen molar-refractivity contribution in [1.82, 2.24) is 4.98 Å². The molecule has 0 saturated carbocycles. The summed E-state index contributed by atoms with van der Waals surface area (Å²) >= 11 is 0. The number of unbranched alkanes of at least 4 members (excludes halogenated alkanes) is 4. The Balaban J connectivity index is 0.000000228. The van der Waals surface area contributed by atoms with E-state index in [0.29, 0.717) is 17.9 Å². The number of carbonyl (C=O) groups excluding carboxylic acids is 1. The lowest BCUT2D eigenvalue weighted by Crippen LogP contribution is -3.20. The summed E-state index contributed by atoms with van der Waals surface area (Å²) in [5, 5.41) is 22.4. The lowest BCUT2D eigenvalue weighted by atomic mass is 9.73. The molecule has 35 heavy (non-hydrogen) atoms. The fourth-order valence-corrected chi connectivity index (χ4v) is 5.46. The van der Waals surface area contributed by atoms with Crippen LogP contribution in [0.25, 0.3) is 10.9 Å². The number of aliphatic carboxylic acids is 1. The third kappa shape index (κ3) is 7.14. The Labute approximate surface area is 209 Å². The number of quaternary nitrogens is 1. The molecule has 3 aliphatic rings. The maximum absolute atomic E-state index is 11.0. The number of nitrogens with zero attached hydrogens (tertiary/aromatic N) is 1. The maximum Gasteiger partial charge on any atom is 0.131 e. The first kappa shape index (κ1) is 26.9. The average molecular weight is 477 g/mol. The molecular weight excluding hydrogens is 436 g/mol. The van der Waals surface area contributed by atoms with Crippen LogP contribution in [0.2, 0.25) is 0 Å². The second-order valence-corrected chi connectivity index (χ2v) is 9.88. The average Bonchev–Trinajstić information content (AvgIpc) is 2.90. The highest BCUT2D eigenvalue weighted by Crippen LogP contribution is 2.33. The molecule has 0 aliphatic carbocycles. The van der Waals surface area contributed by atoms with E-state index in [2.05, 4.69) is 36.4 Å². The number of rotatable bonds is 9. The molecule has 3 saturated heterocycles. The van der Waals surface area contributed by atoms with Crippen molar-refractivity contribution in [2.45, 2.75) is 70.9 Å². The van der Waals surface area contributed by atoms with Gasteiger partial charge >= 0.3 is 0 Å². The fourth-order valence-electron chi connectivity index (χ4n) is 5.46. The second kappa shape index (κ2) is 13.4. The van der Waals surface area contributed by atoms with E-state index in [-0.39, 0.29) is 5.57 Å². The quantitative estimate of drug-likeness (QED) is 0.251. The van der Waals surface area contributed by atoms with Gasteiger partial charge in [0, 0.05) is 35.9 Å². The van der Waals surface area contributed by atoms with Crippen LogP contribution < -0.4 is 10.0 Å². The summed E-state index contributed by atoms with van der Waals surface area (Å²) in [6.07, 6.45) is 13.4. The molecule has 2 N–H and O–H groups in total. The maximum atomic E-state index is 11.0. The lowest BCUT2D eigenvalue weighted by Gasteiger charge is -2.47. The number of carbonyl (C=O) groups is 1. The molecule has 1 aromatic heterocycles. The first-order valence-electron chi connectivity index (χ1n) is 13.1. The van der Waals surface area contributed by atoms with Gasteiger partial charge < -0.3 is 19.9 Å². The summed E-state index contributed by atoms with van der Waals surface area (Å²) in [5.74, 6) is 0.189. The zero-order valence-electron chi connectivity index (χ0n) is 21.2. The highest BCUT2D eigenvalue weighted by atomic mass is 16.4. The highest BCUT2D eigenvalue weighted by molar-refractivity contribution is 5.83. The van der Waals surface area contributed by atoms with E-state index in [4.69, 9.17) is 0 Å². The number of benzene rings is 1. The normalized spacial score (nSPS) is 23.5. The molecule has 5 nitrogen and oxygen atoms in total. The number of aliphatic hydroxyl groups excluding tert-OH is 1. The van der Waals surface area contributed by atoms with Gasteiger partial charge in [-0.25, -0.2) is 0 Å². The highest BCUT2D eigenvalue weighted by Gasteiger charge is 2.45. The molecule has 3 fully saturated rings. The summed E-state index contributed by atoms with van der Waals surface area (Å²) in [5.41, 5.74) is 4.86. The number of para-hydroxylation sites is 1. The topological polar surface area (TPSA) is 77.7 Å². The number of carboxylic acids is 1. The van der Waals surface area contributed by atoms with E-state index < -0.39 is 12.1 Å². The molecule has 5 rings (SSSR count). The predicted octanol–water partition coefficient (Wildman–Crippen LogP) is 3.56. The van der Waals surface area contributed by atoms with E-state index in [9.17, 15) is 15.0 Å². The Bertz CT molecular complexity index is 1050. The smallest absolute Gasteiger partial charge is 0.131 e. The van der Waals surface area contributed by atoms with Crippen molar-refractivity contribution in [1.29, 1.82) is 0 Å². The number of aromatic nitrogens is 1. The van der Waals surface area contributed by atoms with E-state index in [1.54, 1.807) is 11.0 Å². The standard InChI is InChI=1S/C19H22N2O.C11H18O2/c1-2-13-12-21-10-8-14(13)11-18(21)19(22)16-7-9-20-17-6-4-3-5-15(16)17;1-3-4-5-6-7-8-9-10(2)11(12)13/h2-7,9,13-14,18-19,22H,1,8,10-12H2;8H,3-7H2,1-2H3,(H,12,13)/t13-,14-,18-,19+;/m0./s1. The number of hydrogen-bond donors (Lipinski definition) is 2. The van der Waals surface area contributed by atoms with Gasteiger partial charge in [-0.3, -0.25) is 4.98 Å². The molecule has 0 radical (unpaired) electrons. The van der Waals surface area contributed by atoms with Crippen molar-refractivity contribution in [3.8, 4) is 0 Å². The number of carboxylic acid groups (broad SMARTS) is 1. The van der Waals surface area contributed by atoms with E-state index in [0.717, 1.165) is 42.3 Å². The van der Waals surface area contributed by atoms with Crippen LogP contribution in [0.4, 0.5) is 0 Å². The van der Waals surface area contributed by atoms with Crippen LogP contribution in [0.3, 0.4) is 0 Å². The molecule has 3 aliphatic heterocycles. The Morgan fingerprint density at radius 3 is 2.80 bits per heavy atom. The van der Waals surface area contributed by atoms with Gasteiger partial charge in [0.1, 0.15) is 12.1 Å². The number of nitrogens with one attached hydrogen (secondary N) is 1. The SMILES string of the molecule is C=C[C@H]1C[NH+]2CC[C@H]1C[C@H]2[C@H](O)c1ccnc2ccccc12.CCCCCCC=C=C(C)C(=O)[O-]. The molecule has 2 bridgehead atoms. The number of hydrogen-bond acceptors (Lipinski definition) is 4. The van der Waals surface area contributed by atoms with Gasteiger partial charge in [-0.05, 0) is 49.5 Å². The van der Waals surface area contributed by atoms with E-state index >= 15 is 0 Å². The largest absolute Gasteiger partial charge is 0.545 e. The minimum Gasteiger partial charge on any atom is -0.545 e. The van der Waals surface area contributed by atoms with Crippen LogP contribution in [0, 0.1) is 11.8 Å². The van der Waals surface area contributed by atoms with Gasteiger partial charge in [0.2, 0.25) is 0 Å². The molecule has 0 spiro atoms. The van der Waals surface area contributed by atoms with Crippen molar-refractivity contribution >= 4 is 16.9 Å². The van der Waals surface area contributed by atoms with Crippen LogP contribution in [0.15, 0.2) is 66.6 Å². The molecule has 2 aromatic rings. The third-order valence-electron chi connectivity index (χ3n) is 7.53. The molecule has 1 aromatic carbocycles. The van der Waals surface area contributed by atoms with Crippen LogP contribution in [-0.2, 0) is 4.79 Å².